The van der Waals surface area contributed by atoms with E-state index in [1.165, 1.54) is 7.11 Å². The summed E-state index contributed by atoms with van der Waals surface area (Å²) >= 11 is 10.3. The summed E-state index contributed by atoms with van der Waals surface area (Å²) in [5.74, 6) is 1.94. The number of phenols is 1. The number of fused-ring (bicyclic) bond motifs is 1. The number of aromatic hydroxyl groups is 1. The molecular weight excluding hydrogens is 630 g/mol. The Morgan fingerprint density at radius 2 is 1.78 bits per heavy atom. The van der Waals surface area contributed by atoms with Crippen LogP contribution in [-0.2, 0) is 49.6 Å². The molecule has 0 spiro atoms. The van der Waals surface area contributed by atoms with E-state index in [9.17, 15) is 15.0 Å². The highest BCUT2D eigenvalue weighted by Crippen LogP contribution is 2.42. The van der Waals surface area contributed by atoms with Crippen molar-refractivity contribution in [1.82, 2.24) is 24.1 Å². The Morgan fingerprint density at radius 1 is 1.00 bits per heavy atom. The molecule has 0 aliphatic heterocycles. The van der Waals surface area contributed by atoms with E-state index in [4.69, 9.17) is 26.5 Å². The van der Waals surface area contributed by atoms with Gasteiger partial charge >= 0.3 is 5.97 Å². The number of esters is 1. The molecule has 5 aromatic rings. The Kier molecular flexibility index (Phi) is 10.2. The van der Waals surface area contributed by atoms with Gasteiger partial charge in [0.1, 0.15) is 11.4 Å². The molecule has 0 aliphatic carbocycles. The second-order valence-electron chi connectivity index (χ2n) is 11.1. The van der Waals surface area contributed by atoms with Crippen LogP contribution in [0.15, 0.2) is 41.3 Å². The van der Waals surface area contributed by atoms with Gasteiger partial charge in [0.05, 0.1) is 29.0 Å². The fraction of sp³-hybridized carbons (Fsp3) is 0.364. The first-order chi connectivity index (χ1) is 21.5. The standard InChI is InChI=1S/C33H38ClN5O4S2/c1-19-12-23(41)15-24(13-19)45-17-22-14-21(35-39(22)5)16-44-18-28-29(20(2)38(4)36-28)30-27(34)10-9-26-25(8-7-11-40)32(33(42)43-6)37(3)31(26)30/h9-10,12-15,40-41H,7-8,11,16-18H2,1-6H3. The molecule has 0 fully saturated rings. The molecule has 238 valence electrons. The molecule has 2 aromatic carbocycles. The second kappa shape index (κ2) is 13.9. The lowest BCUT2D eigenvalue weighted by atomic mass is 9.98. The number of benzene rings is 2. The van der Waals surface area contributed by atoms with E-state index in [0.29, 0.717) is 35.1 Å². The number of aromatic nitrogens is 5. The molecular formula is C33H38ClN5O4S2. The molecule has 3 heterocycles. The van der Waals surface area contributed by atoms with E-state index in [1.54, 1.807) is 35.7 Å². The predicted molar refractivity (Wildman–Crippen MR) is 182 cm³/mol. The lowest BCUT2D eigenvalue weighted by molar-refractivity contribution is 0.0589. The first kappa shape index (κ1) is 33.0. The maximum Gasteiger partial charge on any atom is 0.354 e. The first-order valence-electron chi connectivity index (χ1n) is 14.6. The summed E-state index contributed by atoms with van der Waals surface area (Å²) < 4.78 is 10.8. The third-order valence-corrected chi connectivity index (χ3v) is 10.3. The van der Waals surface area contributed by atoms with Gasteiger partial charge in [0.15, 0.2) is 0 Å². The molecule has 0 aliphatic rings. The van der Waals surface area contributed by atoms with Crippen LogP contribution in [0.4, 0.5) is 0 Å². The smallest absolute Gasteiger partial charge is 0.354 e. The largest absolute Gasteiger partial charge is 0.508 e. The Balaban J connectivity index is 1.42. The number of rotatable bonds is 12. The van der Waals surface area contributed by atoms with Gasteiger partial charge in [-0.05, 0) is 68.1 Å². The van der Waals surface area contributed by atoms with Crippen LogP contribution < -0.4 is 0 Å². The number of nitrogens with zero attached hydrogens (tertiary/aromatic N) is 5. The molecule has 0 saturated carbocycles. The molecule has 2 N–H and O–H groups in total. The molecule has 9 nitrogen and oxygen atoms in total. The molecule has 12 heteroatoms. The highest BCUT2D eigenvalue weighted by Gasteiger charge is 2.27. The number of methoxy groups -OCH3 is 1. The highest BCUT2D eigenvalue weighted by molar-refractivity contribution is 7.98. The molecule has 0 amide bonds. The summed E-state index contributed by atoms with van der Waals surface area (Å²) in [7, 11) is 7.12. The average molecular weight is 668 g/mol. The number of carbonyl (C=O) groups excluding carboxylic acids is 1. The predicted octanol–water partition coefficient (Wildman–Crippen LogP) is 6.73. The summed E-state index contributed by atoms with van der Waals surface area (Å²) in [4.78, 5) is 13.9. The minimum absolute atomic E-state index is 0.0222. The number of ether oxygens (including phenoxy) is 1. The molecule has 0 radical (unpaired) electrons. The van der Waals surface area contributed by atoms with E-state index >= 15 is 0 Å². The van der Waals surface area contributed by atoms with Gasteiger partial charge in [0.2, 0.25) is 0 Å². The summed E-state index contributed by atoms with van der Waals surface area (Å²) in [6, 6.07) is 11.5. The molecule has 0 atom stereocenters. The Bertz CT molecular complexity index is 1860. The van der Waals surface area contributed by atoms with Gasteiger partial charge in [-0.3, -0.25) is 9.36 Å². The van der Waals surface area contributed by atoms with Crippen LogP contribution in [0, 0.1) is 13.8 Å². The number of hydrogen-bond acceptors (Lipinski definition) is 8. The topological polar surface area (TPSA) is 107 Å². The van der Waals surface area contributed by atoms with Crippen molar-refractivity contribution in [2.45, 2.75) is 48.8 Å². The lowest BCUT2D eigenvalue weighted by Gasteiger charge is -2.11. The molecule has 3 aromatic heterocycles. The molecule has 0 saturated heterocycles. The number of halogens is 1. The van der Waals surface area contributed by atoms with Crippen molar-refractivity contribution in [3.8, 4) is 16.9 Å². The molecule has 45 heavy (non-hydrogen) atoms. The van der Waals surface area contributed by atoms with E-state index in [2.05, 4.69) is 12.1 Å². The summed E-state index contributed by atoms with van der Waals surface area (Å²) in [5, 5.41) is 30.6. The maximum absolute atomic E-state index is 12.9. The SMILES string of the molecule is COC(=O)c1c(CCCO)c2ccc(Cl)c(-c3c(CSCc4cc(CSc5cc(C)cc(O)c5)n(C)n4)nn(C)c3C)c2n1C. The van der Waals surface area contributed by atoms with Crippen molar-refractivity contribution < 1.29 is 19.7 Å². The normalized spacial score (nSPS) is 11.6. The summed E-state index contributed by atoms with van der Waals surface area (Å²) in [6.45, 7) is 4.02. The van der Waals surface area contributed by atoms with Crippen LogP contribution in [0.5, 0.6) is 5.75 Å². The van der Waals surface area contributed by atoms with Crippen LogP contribution in [0.2, 0.25) is 5.02 Å². The third kappa shape index (κ3) is 6.77. The Hall–Kier alpha value is -3.38. The van der Waals surface area contributed by atoms with E-state index < -0.39 is 5.97 Å². The van der Waals surface area contributed by atoms with Crippen molar-refractivity contribution in [3.05, 3.63) is 81.0 Å². The van der Waals surface area contributed by atoms with Crippen molar-refractivity contribution in [2.24, 2.45) is 21.1 Å². The van der Waals surface area contributed by atoms with Gasteiger partial charge < -0.3 is 19.5 Å². The van der Waals surface area contributed by atoms with Crippen LogP contribution in [0.1, 0.15) is 50.8 Å². The number of aliphatic hydroxyl groups is 1. The van der Waals surface area contributed by atoms with E-state index in [0.717, 1.165) is 66.6 Å². The highest BCUT2D eigenvalue weighted by atomic mass is 35.5. The van der Waals surface area contributed by atoms with Gasteiger partial charge in [-0.15, -0.1) is 23.5 Å². The van der Waals surface area contributed by atoms with E-state index in [-0.39, 0.29) is 12.4 Å². The van der Waals surface area contributed by atoms with Crippen LogP contribution in [0.3, 0.4) is 0 Å². The van der Waals surface area contributed by atoms with Gasteiger partial charge in [0, 0.05) is 77.8 Å². The quantitative estimate of drug-likeness (QED) is 0.112. The number of hydrogen-bond donors (Lipinski definition) is 2. The zero-order valence-corrected chi connectivity index (χ0v) is 28.7. The van der Waals surface area contributed by atoms with Gasteiger partial charge in [-0.1, -0.05) is 17.7 Å². The molecule has 0 unspecified atom stereocenters. The number of aryl methyl sites for hydroxylation is 5. The van der Waals surface area contributed by atoms with Gasteiger partial charge in [-0.25, -0.2) is 4.79 Å². The Labute approximate surface area is 276 Å². The van der Waals surface area contributed by atoms with Crippen LogP contribution in [0.25, 0.3) is 22.0 Å². The fourth-order valence-electron chi connectivity index (χ4n) is 5.81. The van der Waals surface area contributed by atoms with Gasteiger partial charge in [-0.2, -0.15) is 10.2 Å². The minimum Gasteiger partial charge on any atom is -0.508 e. The number of aliphatic hydroxyl groups excluding tert-OH is 1. The van der Waals surface area contributed by atoms with Crippen LogP contribution in [-0.4, -0.2) is 54.0 Å². The monoisotopic (exact) mass is 667 g/mol. The van der Waals surface area contributed by atoms with Crippen molar-refractivity contribution in [3.63, 3.8) is 0 Å². The summed E-state index contributed by atoms with van der Waals surface area (Å²) in [6.07, 6.45) is 1.06. The van der Waals surface area contributed by atoms with Gasteiger partial charge in [0.25, 0.3) is 0 Å². The third-order valence-electron chi connectivity index (χ3n) is 7.97. The second-order valence-corrected chi connectivity index (χ2v) is 13.5. The zero-order valence-electron chi connectivity index (χ0n) is 26.3. The number of thioether (sulfide) groups is 2. The number of phenolic OH excluding ortho intramolecular Hbond substituents is 1. The Morgan fingerprint density at radius 3 is 2.49 bits per heavy atom. The summed E-state index contributed by atoms with van der Waals surface area (Å²) in [5.41, 5.74) is 8.91. The zero-order chi connectivity index (χ0) is 32.4. The number of carbonyl (C=O) groups is 1. The average Bonchev–Trinajstić information content (AvgIpc) is 3.59. The van der Waals surface area contributed by atoms with E-state index in [1.807, 2.05) is 61.1 Å². The fourth-order valence-corrected chi connectivity index (χ4v) is 7.96. The lowest BCUT2D eigenvalue weighted by Crippen LogP contribution is -2.10. The molecule has 5 rings (SSSR count). The van der Waals surface area contributed by atoms with Crippen LogP contribution >= 0.6 is 35.1 Å². The maximum atomic E-state index is 12.9. The van der Waals surface area contributed by atoms with Crippen molar-refractivity contribution in [2.75, 3.05) is 13.7 Å². The van der Waals surface area contributed by atoms with Crippen molar-refractivity contribution in [1.29, 1.82) is 0 Å². The molecule has 0 bridgehead atoms. The van der Waals surface area contributed by atoms with Crippen molar-refractivity contribution >= 4 is 52.0 Å². The first-order valence-corrected chi connectivity index (χ1v) is 17.1. The minimum atomic E-state index is -0.424.